The normalized spacial score (nSPS) is 11.0. The number of hydrogen-bond acceptors (Lipinski definition) is 1. The lowest BCUT2D eigenvalue weighted by atomic mass is 9.90. The lowest BCUT2D eigenvalue weighted by molar-refractivity contribution is -0.361. The number of rotatable bonds is 0. The Kier molecular flexibility index (Phi) is 3.09. The Morgan fingerprint density at radius 3 is 1.09 bits per heavy atom. The van der Waals surface area contributed by atoms with Crippen LogP contribution in [0.3, 0.4) is 0 Å². The van der Waals surface area contributed by atoms with Crippen molar-refractivity contribution in [2.45, 2.75) is 0 Å². The third-order valence-electron chi connectivity index (χ3n) is 4.39. The largest absolute Gasteiger partial charge is 0.626 e. The van der Waals surface area contributed by atoms with E-state index in [4.69, 9.17) is 5.21 Å². The maximum Gasteiger partial charge on any atom is 0.136 e. The molecule has 0 atom stereocenters. The maximum absolute atomic E-state index is 8.57. The van der Waals surface area contributed by atoms with E-state index in [2.05, 4.69) is 79.5 Å². The predicted octanol–water partition coefficient (Wildman–Crippen LogP) is 4.00. The molecule has 0 unspecified atom stereocenters. The Bertz CT molecular complexity index is 975. The van der Waals surface area contributed by atoms with E-state index in [0.717, 1.165) is 0 Å². The van der Waals surface area contributed by atoms with Gasteiger partial charge in [-0.05, 0) is 43.1 Å². The molecule has 5 aromatic carbocycles. The van der Waals surface area contributed by atoms with E-state index in [9.17, 15) is 0 Å². The summed E-state index contributed by atoms with van der Waals surface area (Å²) in [6.45, 7) is 2.68. The van der Waals surface area contributed by atoms with Gasteiger partial charge in [-0.3, -0.25) is 0 Å². The van der Waals surface area contributed by atoms with Gasteiger partial charge in [0.25, 0.3) is 0 Å². The molecule has 5 rings (SSSR count). The van der Waals surface area contributed by atoms with Crippen LogP contribution in [0.4, 0.5) is 0 Å². The van der Waals surface area contributed by atoms with E-state index in [1.54, 1.807) is 0 Å². The Balaban J connectivity index is 0.000000421. The molecule has 23 heavy (non-hydrogen) atoms. The van der Waals surface area contributed by atoms with Crippen LogP contribution in [0.15, 0.2) is 72.8 Å². The SMILES string of the molecule is C=[NH+][O-].c1cc2cccc3c4cccc5cccc(c(c1)c23)c54. The molecule has 0 saturated carbocycles. The quantitative estimate of drug-likeness (QED) is 0.151. The lowest BCUT2D eigenvalue weighted by Crippen LogP contribution is -2.56. The van der Waals surface area contributed by atoms with Crippen LogP contribution in [0.25, 0.3) is 43.1 Å². The zero-order chi connectivity index (χ0) is 15.8. The van der Waals surface area contributed by atoms with Crippen LogP contribution >= 0.6 is 0 Å². The lowest BCUT2D eigenvalue weighted by Gasteiger charge is -2.13. The standard InChI is InChI=1S/C20H12.CH3NO/c1-5-13-6-2-11-17-18-12-4-8-14-7-3-10-16(20(14)18)15(9-1)19(13)17;1-2-3/h1-12H;2H,1H2. The molecule has 0 aromatic heterocycles. The van der Waals surface area contributed by atoms with E-state index in [-0.39, 0.29) is 0 Å². The minimum atomic E-state index is 1.25. The monoisotopic (exact) mass is 297 g/mol. The first-order valence-electron chi connectivity index (χ1n) is 7.53. The van der Waals surface area contributed by atoms with Crippen molar-refractivity contribution in [1.29, 1.82) is 0 Å². The summed E-state index contributed by atoms with van der Waals surface area (Å²) in [5.74, 6) is 0. The molecule has 0 radical (unpaired) electrons. The topological polar surface area (TPSA) is 37.0 Å². The summed E-state index contributed by atoms with van der Waals surface area (Å²) < 4.78 is 0. The minimum absolute atomic E-state index is 1.25. The summed E-state index contributed by atoms with van der Waals surface area (Å²) in [6.07, 6.45) is 0. The summed E-state index contributed by atoms with van der Waals surface area (Å²) in [7, 11) is 0. The zero-order valence-electron chi connectivity index (χ0n) is 12.5. The Labute approximate surface area is 133 Å². The van der Waals surface area contributed by atoms with Crippen LogP contribution < -0.4 is 5.16 Å². The van der Waals surface area contributed by atoms with E-state index >= 15 is 0 Å². The molecule has 0 saturated heterocycles. The van der Waals surface area contributed by atoms with Crippen LogP contribution in [0, 0.1) is 5.21 Å². The number of hydrogen-bond donors (Lipinski definition) is 1. The molecule has 0 heterocycles. The van der Waals surface area contributed by atoms with Gasteiger partial charge in [0.05, 0.1) is 0 Å². The van der Waals surface area contributed by atoms with Crippen LogP contribution in [0.2, 0.25) is 0 Å². The predicted molar refractivity (Wildman–Crippen MR) is 99.1 cm³/mol. The van der Waals surface area contributed by atoms with Crippen molar-refractivity contribution in [3.8, 4) is 0 Å². The van der Waals surface area contributed by atoms with Crippen molar-refractivity contribution in [3.05, 3.63) is 78.0 Å². The van der Waals surface area contributed by atoms with Gasteiger partial charge in [-0.2, -0.15) is 0 Å². The summed E-state index contributed by atoms with van der Waals surface area (Å²) in [5, 5.41) is 20.7. The van der Waals surface area contributed by atoms with Gasteiger partial charge in [-0.25, -0.2) is 5.16 Å². The molecule has 2 heteroatoms. The highest BCUT2D eigenvalue weighted by molar-refractivity contribution is 6.32. The number of nitrogens with one attached hydrogen (secondary N) is 1. The van der Waals surface area contributed by atoms with Crippen LogP contribution in [-0.4, -0.2) is 6.72 Å². The Hall–Kier alpha value is -3.13. The van der Waals surface area contributed by atoms with Crippen molar-refractivity contribution >= 4 is 49.8 Å². The van der Waals surface area contributed by atoms with Gasteiger partial charge in [0.2, 0.25) is 0 Å². The van der Waals surface area contributed by atoms with Crippen molar-refractivity contribution in [2.24, 2.45) is 0 Å². The third-order valence-corrected chi connectivity index (χ3v) is 4.39. The molecule has 0 aliphatic heterocycles. The summed E-state index contributed by atoms with van der Waals surface area (Å²) >= 11 is 0. The second-order valence-corrected chi connectivity index (χ2v) is 5.56. The summed E-state index contributed by atoms with van der Waals surface area (Å²) in [4.78, 5) is 0. The van der Waals surface area contributed by atoms with Gasteiger partial charge in [0.15, 0.2) is 0 Å². The van der Waals surface area contributed by atoms with Crippen molar-refractivity contribution in [1.82, 2.24) is 0 Å². The highest BCUT2D eigenvalue weighted by atomic mass is 16.4. The second-order valence-electron chi connectivity index (χ2n) is 5.56. The van der Waals surface area contributed by atoms with Crippen molar-refractivity contribution < 1.29 is 5.16 Å². The molecule has 5 aromatic rings. The van der Waals surface area contributed by atoms with E-state index in [1.165, 1.54) is 48.2 Å². The first-order chi connectivity index (χ1) is 11.3. The van der Waals surface area contributed by atoms with Gasteiger partial charge in [-0.1, -0.05) is 72.8 Å². The third kappa shape index (κ3) is 1.92. The van der Waals surface area contributed by atoms with Gasteiger partial charge < -0.3 is 5.21 Å². The van der Waals surface area contributed by atoms with Gasteiger partial charge in [0, 0.05) is 0 Å². The molecular formula is C21H15NO. The smallest absolute Gasteiger partial charge is 0.136 e. The first kappa shape index (κ1) is 13.5. The molecule has 0 bridgehead atoms. The first-order valence-corrected chi connectivity index (χ1v) is 7.53. The van der Waals surface area contributed by atoms with Crippen LogP contribution in [0.5, 0.6) is 0 Å². The average Bonchev–Trinajstić information content (AvgIpc) is 2.60. The highest BCUT2D eigenvalue weighted by Crippen LogP contribution is 2.39. The maximum atomic E-state index is 8.57. The fraction of sp³-hybridized carbons (Fsp3) is 0. The number of benzene rings is 5. The molecule has 0 aliphatic carbocycles. The molecule has 1 N–H and O–H groups in total. The zero-order valence-corrected chi connectivity index (χ0v) is 12.5. The molecule has 2 nitrogen and oxygen atoms in total. The van der Waals surface area contributed by atoms with E-state index < -0.39 is 0 Å². The van der Waals surface area contributed by atoms with Crippen molar-refractivity contribution in [3.63, 3.8) is 0 Å². The summed E-state index contributed by atoms with van der Waals surface area (Å²) in [5.41, 5.74) is 0. The summed E-state index contributed by atoms with van der Waals surface area (Å²) in [6, 6.07) is 26.4. The molecule has 0 aliphatic rings. The van der Waals surface area contributed by atoms with Crippen LogP contribution in [0.1, 0.15) is 0 Å². The number of fused-ring (bicyclic) bond motifs is 2. The second kappa shape index (κ2) is 5.25. The van der Waals surface area contributed by atoms with E-state index in [1.807, 2.05) is 0 Å². The van der Waals surface area contributed by atoms with E-state index in [0.29, 0.717) is 0 Å². The fourth-order valence-electron chi connectivity index (χ4n) is 3.58. The Morgan fingerprint density at radius 2 is 0.826 bits per heavy atom. The average molecular weight is 297 g/mol. The van der Waals surface area contributed by atoms with Crippen LogP contribution in [-0.2, 0) is 0 Å². The van der Waals surface area contributed by atoms with Gasteiger partial charge in [0.1, 0.15) is 6.72 Å². The minimum Gasteiger partial charge on any atom is -0.626 e. The molecule has 0 amide bonds. The van der Waals surface area contributed by atoms with Crippen molar-refractivity contribution in [2.75, 3.05) is 0 Å². The molecular weight excluding hydrogens is 282 g/mol. The van der Waals surface area contributed by atoms with Gasteiger partial charge >= 0.3 is 0 Å². The molecule has 0 fully saturated rings. The fourth-order valence-corrected chi connectivity index (χ4v) is 3.58. The Morgan fingerprint density at radius 1 is 0.565 bits per heavy atom. The molecule has 110 valence electrons. The molecule has 0 spiro atoms. The highest BCUT2D eigenvalue weighted by Gasteiger charge is 2.11. The van der Waals surface area contributed by atoms with Gasteiger partial charge in [-0.15, -0.1) is 0 Å².